The van der Waals surface area contributed by atoms with Crippen LogP contribution in [0.3, 0.4) is 0 Å². The number of benzene rings is 3. The van der Waals surface area contributed by atoms with Gasteiger partial charge >= 0.3 is 0 Å². The second-order valence-corrected chi connectivity index (χ2v) is 23.2. The average molecular weight is 1040 g/mol. The van der Waals surface area contributed by atoms with E-state index in [1.165, 1.54) is 11.6 Å². The number of hydrogen-bond acceptors (Lipinski definition) is 13. The summed E-state index contributed by atoms with van der Waals surface area (Å²) in [5.74, 6) is -1.02. The van der Waals surface area contributed by atoms with E-state index in [1.54, 1.807) is 0 Å². The highest BCUT2D eigenvalue weighted by Crippen LogP contribution is 2.38. The van der Waals surface area contributed by atoms with E-state index >= 15 is 4.39 Å². The predicted molar refractivity (Wildman–Crippen MR) is 292 cm³/mol. The van der Waals surface area contributed by atoms with E-state index in [2.05, 4.69) is 78.0 Å². The number of piperidine rings is 2. The van der Waals surface area contributed by atoms with Gasteiger partial charge in [-0.15, -0.1) is 0 Å². The molecule has 0 bridgehead atoms. The zero-order chi connectivity index (χ0) is 53.9. The van der Waals surface area contributed by atoms with Crippen molar-refractivity contribution < 1.29 is 33.5 Å². The number of halogens is 1. The van der Waals surface area contributed by atoms with Gasteiger partial charge in [-0.05, 0) is 91.5 Å². The number of aromatic nitrogens is 2. The number of carbonyl (C=O) groups is 5. The van der Waals surface area contributed by atoms with E-state index in [9.17, 15) is 29.1 Å². The van der Waals surface area contributed by atoms with Crippen LogP contribution < -0.4 is 20.9 Å². The fourth-order valence-electron chi connectivity index (χ4n) is 11.7. The molecule has 4 fully saturated rings. The molecule has 3 aromatic carbocycles. The molecule has 1 aromatic heterocycles. The van der Waals surface area contributed by atoms with Gasteiger partial charge in [-0.1, -0.05) is 76.2 Å². The smallest absolute Gasteiger partial charge is 0.262 e. The maximum atomic E-state index is 15.6. The lowest BCUT2D eigenvalue weighted by atomic mass is 9.74. The number of amides is 5. The van der Waals surface area contributed by atoms with Crippen molar-refractivity contribution in [2.45, 2.75) is 92.0 Å². The molecule has 0 aliphatic carbocycles. The van der Waals surface area contributed by atoms with Crippen molar-refractivity contribution in [3.63, 3.8) is 0 Å². The van der Waals surface area contributed by atoms with Crippen molar-refractivity contribution in [3.05, 3.63) is 112 Å². The Morgan fingerprint density at radius 2 is 1.42 bits per heavy atom. The number of likely N-dealkylation sites (tertiary alicyclic amines) is 1. The van der Waals surface area contributed by atoms with Crippen molar-refractivity contribution in [3.8, 4) is 11.3 Å². The molecule has 1 atom stereocenters. The fraction of sp³-hybridized carbons (Fsp3) is 0.508. The zero-order valence-corrected chi connectivity index (χ0v) is 45.0. The van der Waals surface area contributed by atoms with E-state index in [-0.39, 0.29) is 53.0 Å². The quantitative estimate of drug-likeness (QED) is 0.0993. The molecule has 6 heterocycles. The first-order chi connectivity index (χ1) is 36.3. The summed E-state index contributed by atoms with van der Waals surface area (Å²) in [7, 11) is 0. The van der Waals surface area contributed by atoms with E-state index in [4.69, 9.17) is 15.7 Å². The van der Waals surface area contributed by atoms with Crippen LogP contribution in [0.5, 0.6) is 0 Å². The first-order valence-electron chi connectivity index (χ1n) is 27.2. The molecule has 5 amide bonds. The molecule has 4 saturated heterocycles. The van der Waals surface area contributed by atoms with Gasteiger partial charge in [-0.25, -0.2) is 14.4 Å². The van der Waals surface area contributed by atoms with Gasteiger partial charge in [0.15, 0.2) is 5.82 Å². The third kappa shape index (κ3) is 12.5. The number of allylic oxidation sites excluding steroid dienone is 1. The van der Waals surface area contributed by atoms with Gasteiger partial charge in [0.1, 0.15) is 17.7 Å². The highest BCUT2D eigenvalue weighted by atomic mass is 19.1. The van der Waals surface area contributed by atoms with Crippen molar-refractivity contribution in [2.24, 2.45) is 22.5 Å². The Balaban J connectivity index is 0.754. The summed E-state index contributed by atoms with van der Waals surface area (Å²) in [4.78, 5) is 86.8. The van der Waals surface area contributed by atoms with Crippen LogP contribution in [0.2, 0.25) is 0 Å². The summed E-state index contributed by atoms with van der Waals surface area (Å²) in [6.45, 7) is 19.9. The lowest BCUT2D eigenvalue weighted by Gasteiger charge is -2.40. The molecular formula is C59H75FN10O6. The monoisotopic (exact) mass is 1040 g/mol. The van der Waals surface area contributed by atoms with Crippen molar-refractivity contribution in [1.82, 2.24) is 34.9 Å². The number of rotatable bonds is 17. The van der Waals surface area contributed by atoms with Crippen molar-refractivity contribution in [2.75, 3.05) is 94.9 Å². The van der Waals surface area contributed by atoms with Crippen LogP contribution in [-0.2, 0) is 20.8 Å². The Kier molecular flexibility index (Phi) is 16.4. The van der Waals surface area contributed by atoms with Gasteiger partial charge in [0, 0.05) is 114 Å². The summed E-state index contributed by atoms with van der Waals surface area (Å²) in [6, 6.07) is 22.3. The third-order valence-corrected chi connectivity index (χ3v) is 16.2. The number of fused-ring (bicyclic) bond motifs is 1. The maximum absolute atomic E-state index is 15.6. The lowest BCUT2D eigenvalue weighted by molar-refractivity contribution is -0.136. The number of aliphatic hydroxyl groups is 1. The maximum Gasteiger partial charge on any atom is 0.262 e. The van der Waals surface area contributed by atoms with Gasteiger partial charge in [0.25, 0.3) is 11.8 Å². The fourth-order valence-corrected chi connectivity index (χ4v) is 11.7. The number of carbonyl (C=O) groups excluding carboxylic acids is 5. The van der Waals surface area contributed by atoms with Crippen LogP contribution in [0.1, 0.15) is 117 Å². The molecule has 1 unspecified atom stereocenters. The topological polar surface area (TPSA) is 189 Å². The highest BCUT2D eigenvalue weighted by molar-refractivity contribution is 6.23. The summed E-state index contributed by atoms with van der Waals surface area (Å²) >= 11 is 0. The van der Waals surface area contributed by atoms with Crippen LogP contribution in [0.15, 0.2) is 78.5 Å². The van der Waals surface area contributed by atoms with E-state index < -0.39 is 35.5 Å². The van der Waals surface area contributed by atoms with Crippen LogP contribution in [-0.4, -0.2) is 155 Å². The molecule has 5 aliphatic heterocycles. The molecule has 4 N–H and O–H groups in total. The predicted octanol–water partition coefficient (Wildman–Crippen LogP) is 6.36. The van der Waals surface area contributed by atoms with Crippen LogP contribution >= 0.6 is 0 Å². The Morgan fingerprint density at radius 1 is 0.763 bits per heavy atom. The Bertz CT molecular complexity index is 2850. The van der Waals surface area contributed by atoms with Gasteiger partial charge in [0.2, 0.25) is 17.7 Å². The third-order valence-electron chi connectivity index (χ3n) is 16.2. The number of hydrogen-bond donors (Lipinski definition) is 3. The lowest BCUT2D eigenvalue weighted by Crippen LogP contribution is -2.54. The normalized spacial score (nSPS) is 19.8. The van der Waals surface area contributed by atoms with Gasteiger partial charge in [0.05, 0.1) is 29.1 Å². The molecule has 0 radical (unpaired) electrons. The van der Waals surface area contributed by atoms with Crippen molar-refractivity contribution >= 4 is 46.6 Å². The van der Waals surface area contributed by atoms with Gasteiger partial charge < -0.3 is 25.5 Å². The first-order valence-corrected chi connectivity index (χ1v) is 27.2. The second-order valence-electron chi connectivity index (χ2n) is 23.2. The molecule has 16 nitrogen and oxygen atoms in total. The zero-order valence-electron chi connectivity index (χ0n) is 45.0. The summed E-state index contributed by atoms with van der Waals surface area (Å²) in [5, 5.41) is 11.7. The van der Waals surface area contributed by atoms with Gasteiger partial charge in [-0.3, -0.25) is 44.0 Å². The van der Waals surface area contributed by atoms with Crippen LogP contribution in [0.4, 0.5) is 15.9 Å². The molecule has 76 heavy (non-hydrogen) atoms. The largest absolute Gasteiger partial charge is 0.402 e. The minimum absolute atomic E-state index is 0.0123. The minimum Gasteiger partial charge on any atom is -0.402 e. The minimum atomic E-state index is -1.11. The summed E-state index contributed by atoms with van der Waals surface area (Å²) < 4.78 is 15.6. The number of piperazine rings is 2. The number of β-amino-alcohol motifs (C(OH)–C–C–N with tert-alkyl or cyclic N) is 1. The van der Waals surface area contributed by atoms with Gasteiger partial charge in [-0.2, -0.15) is 0 Å². The molecule has 0 spiro atoms. The van der Waals surface area contributed by atoms with E-state index in [0.29, 0.717) is 56.6 Å². The Labute approximate surface area is 446 Å². The number of anilines is 2. The number of nitrogens with zero attached hydrogens (tertiary/aromatic N) is 8. The number of imide groups is 2. The van der Waals surface area contributed by atoms with E-state index in [1.807, 2.05) is 47.1 Å². The molecule has 17 heteroatoms. The Morgan fingerprint density at radius 3 is 2.09 bits per heavy atom. The second kappa shape index (κ2) is 23.0. The molecule has 0 saturated carbocycles. The van der Waals surface area contributed by atoms with Crippen molar-refractivity contribution in [1.29, 1.82) is 0 Å². The number of nitrogens with one attached hydrogen (secondary N) is 1. The molecule has 5 aliphatic rings. The molecule has 9 rings (SSSR count). The summed E-state index contributed by atoms with van der Waals surface area (Å²) in [6.07, 6.45) is 5.13. The Hall–Kier alpha value is -6.56. The average Bonchev–Trinajstić information content (AvgIpc) is 3.69. The highest BCUT2D eigenvalue weighted by Gasteiger charge is 2.45. The molecule has 404 valence electrons. The first kappa shape index (κ1) is 54.2. The van der Waals surface area contributed by atoms with Crippen LogP contribution in [0, 0.1) is 22.6 Å². The molecule has 4 aromatic rings. The number of aliphatic hydroxyl groups excluding tert-OH is 1. The SMILES string of the molecule is CC(N)=C(c1ccccc1)c1nc(-c2cccc(CC(C)(C)CCC(C)(C)CC(=O)N3CCC(CN4CCN(c5cc6c(cc5F)C(=O)N(C5CCC(=O)NC5=O)C6=O)CC4)CC3)c2)cc(N2CCN(CCO)CC2)n1. The van der Waals surface area contributed by atoms with Crippen LogP contribution in [0.25, 0.3) is 16.8 Å². The number of nitrogens with two attached hydrogens (primary N) is 1. The van der Waals surface area contributed by atoms with E-state index in [0.717, 1.165) is 117 Å². The standard InChI is InChI=1S/C59H75FN10O6/c1-39(61)53(42-11-7-6-8-12-42)54-62-47(35-50(63-54)68-28-22-65(23-29-68)30-31-71)43-13-9-10-41(32-43)36-58(2,3)18-19-59(4,5)37-52(73)69-20-16-40(17-21-69)38-66-24-26-67(27-25-66)49-34-45-44(33-46(49)60)56(75)70(57(45)76)48-14-15-51(72)64-55(48)74/h6-13,32-35,40,48,71H,14-31,36-38,61H2,1-5H3,(H,64,72,74). The summed E-state index contributed by atoms with van der Waals surface area (Å²) in [5.41, 5.74) is 12.1. The molecular weight excluding hydrogens is 964 g/mol.